The lowest BCUT2D eigenvalue weighted by Gasteiger charge is -2.20. The van der Waals surface area contributed by atoms with Crippen molar-refractivity contribution >= 4 is 35.6 Å². The summed E-state index contributed by atoms with van der Waals surface area (Å²) < 4.78 is 0. The van der Waals surface area contributed by atoms with E-state index in [0.717, 1.165) is 0 Å². The van der Waals surface area contributed by atoms with Crippen molar-refractivity contribution in [3.05, 3.63) is 0 Å². The second-order valence-electron chi connectivity index (χ2n) is 6.41. The number of rotatable bonds is 15. The van der Waals surface area contributed by atoms with Gasteiger partial charge in [0.1, 0.15) is 12.1 Å². The van der Waals surface area contributed by atoms with Crippen molar-refractivity contribution in [3.63, 3.8) is 0 Å². The van der Waals surface area contributed by atoms with Gasteiger partial charge in [0.25, 0.3) is 0 Å². The topological polar surface area (TPSA) is 273 Å². The van der Waals surface area contributed by atoms with Gasteiger partial charge in [0.2, 0.25) is 17.7 Å². The number of hydrogen-bond donors (Lipinski definition) is 9. The summed E-state index contributed by atoms with van der Waals surface area (Å²) in [5.74, 6) is -5.33. The molecule has 3 amide bonds. The van der Waals surface area contributed by atoms with Crippen LogP contribution in [0.25, 0.3) is 0 Å². The molecule has 0 aliphatic rings. The molecule has 31 heavy (non-hydrogen) atoms. The van der Waals surface area contributed by atoms with E-state index < -0.39 is 67.4 Å². The third-order valence-corrected chi connectivity index (χ3v) is 3.82. The number of aliphatic hydroxyl groups is 1. The van der Waals surface area contributed by atoms with E-state index in [-0.39, 0.29) is 25.3 Å². The lowest BCUT2D eigenvalue weighted by molar-refractivity contribution is -0.144. The van der Waals surface area contributed by atoms with Gasteiger partial charge in [-0.2, -0.15) is 0 Å². The Morgan fingerprint density at radius 2 is 1.58 bits per heavy atom. The molecule has 0 bridgehead atoms. The number of hydrogen-bond acceptors (Lipinski definition) is 8. The first-order chi connectivity index (χ1) is 14.5. The maximum atomic E-state index is 12.2. The minimum Gasteiger partial charge on any atom is -0.481 e. The van der Waals surface area contributed by atoms with E-state index in [2.05, 4.69) is 15.6 Å². The van der Waals surface area contributed by atoms with Crippen LogP contribution < -0.4 is 33.2 Å². The van der Waals surface area contributed by atoms with Crippen LogP contribution in [0.1, 0.15) is 25.7 Å². The molecular weight excluding hydrogens is 418 g/mol. The maximum Gasteiger partial charge on any atom is 0.328 e. The van der Waals surface area contributed by atoms with E-state index in [0.29, 0.717) is 6.42 Å². The number of nitrogens with one attached hydrogen (secondary N) is 3. The molecule has 0 radical (unpaired) electrons. The molecule has 0 aromatic heterocycles. The monoisotopic (exact) mass is 447 g/mol. The summed E-state index contributed by atoms with van der Waals surface area (Å²) in [4.78, 5) is 61.6. The van der Waals surface area contributed by atoms with Crippen molar-refractivity contribution in [3.8, 4) is 0 Å². The van der Waals surface area contributed by atoms with Gasteiger partial charge in [-0.25, -0.2) is 4.79 Å². The molecule has 0 aromatic carbocycles. The highest BCUT2D eigenvalue weighted by Gasteiger charge is 2.27. The molecule has 176 valence electrons. The van der Waals surface area contributed by atoms with Gasteiger partial charge < -0.3 is 48.5 Å². The van der Waals surface area contributed by atoms with Crippen LogP contribution in [0, 0.1) is 0 Å². The molecule has 15 heteroatoms. The predicted molar refractivity (Wildman–Crippen MR) is 106 cm³/mol. The fourth-order valence-corrected chi connectivity index (χ4v) is 2.19. The highest BCUT2D eigenvalue weighted by molar-refractivity contribution is 5.92. The van der Waals surface area contributed by atoms with Crippen LogP contribution in [0.4, 0.5) is 0 Å². The van der Waals surface area contributed by atoms with E-state index in [4.69, 9.17) is 32.5 Å². The third-order valence-electron chi connectivity index (χ3n) is 3.82. The summed E-state index contributed by atoms with van der Waals surface area (Å²) in [5, 5.41) is 33.1. The molecule has 0 spiro atoms. The average molecular weight is 447 g/mol. The number of aliphatic carboxylic acids is 2. The molecule has 0 heterocycles. The number of aliphatic hydroxyl groups excluding tert-OH is 1. The van der Waals surface area contributed by atoms with E-state index in [1.807, 2.05) is 5.32 Å². The number of nitrogens with two attached hydrogens (primary N) is 3. The van der Waals surface area contributed by atoms with Crippen LogP contribution in [0.2, 0.25) is 0 Å². The lowest BCUT2D eigenvalue weighted by Crippen LogP contribution is -2.54. The first-order valence-electron chi connectivity index (χ1n) is 9.21. The number of aliphatic imine (C=N–C) groups is 1. The number of carboxylic acids is 2. The van der Waals surface area contributed by atoms with Gasteiger partial charge in [0.05, 0.1) is 19.2 Å². The van der Waals surface area contributed by atoms with Crippen molar-refractivity contribution < 1.29 is 39.3 Å². The van der Waals surface area contributed by atoms with E-state index >= 15 is 0 Å². The lowest BCUT2D eigenvalue weighted by atomic mass is 10.1. The zero-order valence-corrected chi connectivity index (χ0v) is 16.7. The van der Waals surface area contributed by atoms with E-state index in [9.17, 15) is 24.0 Å². The molecule has 0 saturated carbocycles. The van der Waals surface area contributed by atoms with Crippen molar-refractivity contribution in [1.29, 1.82) is 0 Å². The fraction of sp³-hybridized carbons (Fsp3) is 0.625. The third kappa shape index (κ3) is 12.7. The van der Waals surface area contributed by atoms with Gasteiger partial charge in [-0.15, -0.1) is 0 Å². The number of carboxylic acid groups (broad SMARTS) is 2. The fourth-order valence-electron chi connectivity index (χ4n) is 2.19. The Bertz CT molecular complexity index is 681. The Kier molecular flexibility index (Phi) is 12.9. The van der Waals surface area contributed by atoms with Crippen LogP contribution in [0.15, 0.2) is 4.99 Å². The minimum absolute atomic E-state index is 0.0927. The van der Waals surface area contributed by atoms with Crippen LogP contribution in [-0.4, -0.2) is 88.8 Å². The van der Waals surface area contributed by atoms with Crippen molar-refractivity contribution in [2.24, 2.45) is 22.2 Å². The highest BCUT2D eigenvalue weighted by Crippen LogP contribution is 2.00. The average Bonchev–Trinajstić information content (AvgIpc) is 2.69. The van der Waals surface area contributed by atoms with E-state index in [1.54, 1.807) is 0 Å². The minimum atomic E-state index is -1.63. The molecule has 0 aliphatic carbocycles. The van der Waals surface area contributed by atoms with Gasteiger partial charge in [-0.1, -0.05) is 0 Å². The summed E-state index contributed by atoms with van der Waals surface area (Å²) in [5.41, 5.74) is 16.0. The SMILES string of the molecule is NC(N)=NCCCC(N)C(=O)NCC(=O)NC(CCC(=O)O)C(=O)NC(CO)C(=O)O. The quantitative estimate of drug-likeness (QED) is 0.0654. The Balaban J connectivity index is 4.71. The maximum absolute atomic E-state index is 12.2. The largest absolute Gasteiger partial charge is 0.481 e. The Hall–Kier alpha value is -3.46. The van der Waals surface area contributed by atoms with Crippen LogP contribution in [-0.2, 0) is 24.0 Å². The van der Waals surface area contributed by atoms with Gasteiger partial charge in [-0.05, 0) is 19.3 Å². The van der Waals surface area contributed by atoms with E-state index in [1.165, 1.54) is 0 Å². The zero-order chi connectivity index (χ0) is 24.0. The summed E-state index contributed by atoms with van der Waals surface area (Å²) in [6.45, 7) is -1.19. The standard InChI is InChI=1S/C16H29N7O8/c17-8(2-1-5-20-16(18)19)13(28)21-6-11(25)22-9(3-4-12(26)27)14(29)23-10(7-24)15(30)31/h8-10,24H,1-7,17H2,(H,21,28)(H,22,25)(H,23,29)(H,26,27)(H,30,31)(H4,18,19,20). The first kappa shape index (κ1) is 27.5. The second kappa shape index (κ2) is 14.5. The molecule has 3 unspecified atom stereocenters. The molecule has 0 fully saturated rings. The van der Waals surface area contributed by atoms with Crippen LogP contribution in [0.3, 0.4) is 0 Å². The molecule has 15 nitrogen and oxygen atoms in total. The number of carbonyl (C=O) groups excluding carboxylic acids is 3. The molecule has 0 aromatic rings. The van der Waals surface area contributed by atoms with Gasteiger partial charge in [-0.3, -0.25) is 24.2 Å². The molecule has 0 rings (SSSR count). The van der Waals surface area contributed by atoms with Crippen molar-refractivity contribution in [2.45, 2.75) is 43.8 Å². The number of carbonyl (C=O) groups is 5. The Morgan fingerprint density at radius 3 is 2.10 bits per heavy atom. The summed E-state index contributed by atoms with van der Waals surface area (Å²) in [6, 6.07) is -3.97. The predicted octanol–water partition coefficient (Wildman–Crippen LogP) is -4.61. The normalized spacial score (nSPS) is 13.2. The summed E-state index contributed by atoms with van der Waals surface area (Å²) in [7, 11) is 0. The summed E-state index contributed by atoms with van der Waals surface area (Å²) >= 11 is 0. The highest BCUT2D eigenvalue weighted by atomic mass is 16.4. The second-order valence-corrected chi connectivity index (χ2v) is 6.41. The number of guanidine groups is 1. The number of nitrogens with zero attached hydrogens (tertiary/aromatic N) is 1. The Labute approximate surface area is 177 Å². The summed E-state index contributed by atoms with van der Waals surface area (Å²) in [6.07, 6.45) is -0.178. The first-order valence-corrected chi connectivity index (χ1v) is 9.21. The molecule has 3 atom stereocenters. The van der Waals surface area contributed by atoms with Crippen LogP contribution in [0.5, 0.6) is 0 Å². The number of amides is 3. The van der Waals surface area contributed by atoms with Crippen molar-refractivity contribution in [1.82, 2.24) is 16.0 Å². The molecular formula is C16H29N7O8. The molecule has 0 aliphatic heterocycles. The zero-order valence-electron chi connectivity index (χ0n) is 16.7. The van der Waals surface area contributed by atoms with Crippen LogP contribution >= 0.6 is 0 Å². The Morgan fingerprint density at radius 1 is 0.935 bits per heavy atom. The molecule has 0 saturated heterocycles. The van der Waals surface area contributed by atoms with Gasteiger partial charge in [0, 0.05) is 13.0 Å². The molecule has 12 N–H and O–H groups in total. The van der Waals surface area contributed by atoms with Gasteiger partial charge >= 0.3 is 11.9 Å². The smallest absolute Gasteiger partial charge is 0.328 e. The van der Waals surface area contributed by atoms with Crippen molar-refractivity contribution in [2.75, 3.05) is 19.7 Å². The van der Waals surface area contributed by atoms with Gasteiger partial charge in [0.15, 0.2) is 5.96 Å².